The summed E-state index contributed by atoms with van der Waals surface area (Å²) < 4.78 is 23.1. The van der Waals surface area contributed by atoms with Gasteiger partial charge in [-0.15, -0.1) is 0 Å². The van der Waals surface area contributed by atoms with Gasteiger partial charge in [0.05, 0.1) is 26.2 Å². The van der Waals surface area contributed by atoms with Crippen LogP contribution in [0.25, 0.3) is 0 Å². The summed E-state index contributed by atoms with van der Waals surface area (Å²) in [5, 5.41) is 8.90. The Hall–Kier alpha value is -2.98. The minimum Gasteiger partial charge on any atom is -0.385 e. The Labute approximate surface area is 211 Å². The highest BCUT2D eigenvalue weighted by molar-refractivity contribution is 5.99. The molecule has 3 amide bonds. The molecule has 4 rings (SSSR count). The van der Waals surface area contributed by atoms with Gasteiger partial charge in [-0.2, -0.15) is 0 Å². The molecule has 1 saturated heterocycles. The number of hydrogen-bond acceptors (Lipinski definition) is 6. The molecule has 1 aromatic rings. The number of allylic oxidation sites excluding steroid dienone is 1. The molecule has 0 aliphatic carbocycles. The van der Waals surface area contributed by atoms with Crippen molar-refractivity contribution in [3.63, 3.8) is 0 Å². The summed E-state index contributed by atoms with van der Waals surface area (Å²) in [6.45, 7) is 8.56. The molecule has 3 aliphatic rings. The van der Waals surface area contributed by atoms with E-state index in [1.807, 2.05) is 6.92 Å². The average Bonchev–Trinajstić information content (AvgIpc) is 3.23. The van der Waals surface area contributed by atoms with Crippen molar-refractivity contribution in [2.75, 3.05) is 45.3 Å². The first kappa shape index (κ1) is 27.6. The van der Waals surface area contributed by atoms with Crippen LogP contribution >= 0.6 is 0 Å². The van der Waals surface area contributed by atoms with Crippen LogP contribution in [0.3, 0.4) is 0 Å². The van der Waals surface area contributed by atoms with Gasteiger partial charge in [0.15, 0.2) is 6.10 Å². The number of carbonyl (C=O) groups excluding carboxylic acids is 3. The molecule has 3 aliphatic heterocycles. The third kappa shape index (κ3) is 7.04. The fourth-order valence-electron chi connectivity index (χ4n) is 4.76. The molecule has 198 valence electrons. The van der Waals surface area contributed by atoms with E-state index in [1.165, 1.54) is 19.2 Å². The van der Waals surface area contributed by atoms with Crippen molar-refractivity contribution in [1.82, 2.24) is 15.5 Å². The van der Waals surface area contributed by atoms with Gasteiger partial charge >= 0.3 is 0 Å². The molecule has 0 saturated carbocycles. The van der Waals surface area contributed by atoms with Crippen LogP contribution in [0, 0.1) is 11.7 Å². The molecule has 0 aromatic heterocycles. The number of benzene rings is 1. The number of halogens is 1. The normalized spacial score (nSPS) is 22.0. The molecule has 3 unspecified atom stereocenters. The first-order valence-corrected chi connectivity index (χ1v) is 12.5. The molecule has 3 heterocycles. The molecule has 1 aromatic carbocycles. The van der Waals surface area contributed by atoms with Crippen LogP contribution in [0.2, 0.25) is 0 Å². The number of methoxy groups -OCH3 is 1. The first-order valence-electron chi connectivity index (χ1n) is 12.5. The smallest absolute Gasteiger partial charge is 0.253 e. The van der Waals surface area contributed by atoms with E-state index in [2.05, 4.69) is 29.8 Å². The Morgan fingerprint density at radius 3 is 2.67 bits per heavy atom. The van der Waals surface area contributed by atoms with Crippen molar-refractivity contribution >= 4 is 23.4 Å². The lowest BCUT2D eigenvalue weighted by Crippen LogP contribution is -2.50. The number of amides is 3. The summed E-state index contributed by atoms with van der Waals surface area (Å²) in [5.74, 6) is -0.380. The zero-order valence-electron chi connectivity index (χ0n) is 21.5. The van der Waals surface area contributed by atoms with Crippen molar-refractivity contribution in [3.8, 4) is 0 Å². The minimum absolute atomic E-state index is 0.0643. The zero-order chi connectivity index (χ0) is 26.2. The number of carbonyl (C=O) groups is 3. The molecule has 0 radical (unpaired) electrons. The number of nitrogens with zero attached hydrogens (tertiary/aromatic N) is 1. The van der Waals surface area contributed by atoms with E-state index in [0.29, 0.717) is 38.8 Å². The monoisotopic (exact) mass is 504 g/mol. The van der Waals surface area contributed by atoms with Crippen molar-refractivity contribution in [2.45, 2.75) is 52.2 Å². The van der Waals surface area contributed by atoms with Gasteiger partial charge in [0, 0.05) is 43.2 Å². The zero-order valence-corrected chi connectivity index (χ0v) is 21.5. The third-order valence-electron chi connectivity index (χ3n) is 6.72. The molecule has 36 heavy (non-hydrogen) atoms. The maximum atomic E-state index is 12.6. The fourth-order valence-corrected chi connectivity index (χ4v) is 4.76. The van der Waals surface area contributed by atoms with E-state index in [1.54, 1.807) is 11.0 Å². The summed E-state index contributed by atoms with van der Waals surface area (Å²) in [5.41, 5.74) is 3.18. The number of anilines is 1. The van der Waals surface area contributed by atoms with Crippen LogP contribution in [0.15, 0.2) is 29.5 Å². The second-order valence-electron chi connectivity index (χ2n) is 9.32. The summed E-state index contributed by atoms with van der Waals surface area (Å²) in [6.07, 6.45) is 1.61. The number of ether oxygens (including phenoxy) is 2. The standard InChI is InChI=1S/C18H31N3O4.C8H6FNO/c1-5-14-10-12(2)16(13(3)20-14)17(22)19-11-15(24-4)18(23)21-6-8-25-9-7-21;9-6-1-2-7-5(3-6)4-8(11)10-7/h12,14-15,20H,5-11H2,1-4H3,(H,19,22);1-3H,4H2,(H,10,11). The number of morpholine rings is 1. The SMILES string of the molecule is CCC1CC(C)C(C(=O)NCC(OC)C(=O)N2CCOCC2)=C(C)N1.O=C1Cc2cc(F)ccc2N1. The van der Waals surface area contributed by atoms with Crippen molar-refractivity contribution < 1.29 is 28.2 Å². The Morgan fingerprint density at radius 1 is 1.31 bits per heavy atom. The molecule has 10 heteroatoms. The number of rotatable bonds is 6. The van der Waals surface area contributed by atoms with Crippen molar-refractivity contribution in [3.05, 3.63) is 40.8 Å². The molecule has 3 N–H and O–H groups in total. The highest BCUT2D eigenvalue weighted by Gasteiger charge is 2.30. The molecule has 9 nitrogen and oxygen atoms in total. The van der Waals surface area contributed by atoms with Crippen LogP contribution < -0.4 is 16.0 Å². The summed E-state index contributed by atoms with van der Waals surface area (Å²) in [7, 11) is 1.50. The van der Waals surface area contributed by atoms with Crippen LogP contribution in [-0.4, -0.2) is 74.7 Å². The van der Waals surface area contributed by atoms with Crippen molar-refractivity contribution in [1.29, 1.82) is 0 Å². The van der Waals surface area contributed by atoms with Gasteiger partial charge in [-0.25, -0.2) is 4.39 Å². The van der Waals surface area contributed by atoms with Crippen LogP contribution in [0.1, 0.15) is 39.2 Å². The first-order chi connectivity index (χ1) is 17.2. The molecular weight excluding hydrogens is 467 g/mol. The topological polar surface area (TPSA) is 109 Å². The summed E-state index contributed by atoms with van der Waals surface area (Å²) in [4.78, 5) is 37.6. The quantitative estimate of drug-likeness (QED) is 0.547. The van der Waals surface area contributed by atoms with Gasteiger partial charge in [0.2, 0.25) is 11.8 Å². The number of hydrogen-bond donors (Lipinski definition) is 3. The van der Waals surface area contributed by atoms with Crippen LogP contribution in [0.4, 0.5) is 10.1 Å². The van der Waals surface area contributed by atoms with Gasteiger partial charge in [0.1, 0.15) is 5.82 Å². The van der Waals surface area contributed by atoms with Crippen LogP contribution in [0.5, 0.6) is 0 Å². The maximum absolute atomic E-state index is 12.6. The van der Waals surface area contributed by atoms with Crippen LogP contribution in [-0.2, 0) is 30.3 Å². The Bertz CT molecular complexity index is 993. The fraction of sp³-hybridized carbons (Fsp3) is 0.577. The minimum atomic E-state index is -0.668. The summed E-state index contributed by atoms with van der Waals surface area (Å²) in [6, 6.07) is 4.72. The number of nitrogens with one attached hydrogen (secondary N) is 3. The summed E-state index contributed by atoms with van der Waals surface area (Å²) >= 11 is 0. The van der Waals surface area contributed by atoms with E-state index in [4.69, 9.17) is 9.47 Å². The van der Waals surface area contributed by atoms with E-state index in [-0.39, 0.29) is 36.0 Å². The van der Waals surface area contributed by atoms with Gasteiger partial charge in [-0.1, -0.05) is 13.8 Å². The Kier molecular flexibility index (Phi) is 9.83. The van der Waals surface area contributed by atoms with Gasteiger partial charge < -0.3 is 30.3 Å². The predicted molar refractivity (Wildman–Crippen MR) is 134 cm³/mol. The molecule has 3 atom stereocenters. The highest BCUT2D eigenvalue weighted by atomic mass is 19.1. The molecular formula is C26H37FN4O5. The maximum Gasteiger partial charge on any atom is 0.253 e. The largest absolute Gasteiger partial charge is 0.385 e. The van der Waals surface area contributed by atoms with Gasteiger partial charge in [0.25, 0.3) is 5.91 Å². The van der Waals surface area contributed by atoms with Crippen molar-refractivity contribution in [2.24, 2.45) is 5.92 Å². The lowest BCUT2D eigenvalue weighted by atomic mass is 9.87. The lowest BCUT2D eigenvalue weighted by molar-refractivity contribution is -0.146. The second kappa shape index (κ2) is 12.8. The third-order valence-corrected chi connectivity index (χ3v) is 6.72. The second-order valence-corrected chi connectivity index (χ2v) is 9.32. The predicted octanol–water partition coefficient (Wildman–Crippen LogP) is 1.98. The van der Waals surface area contributed by atoms with E-state index in [9.17, 15) is 18.8 Å². The molecule has 1 fully saturated rings. The van der Waals surface area contributed by atoms with Gasteiger partial charge in [-0.05, 0) is 49.4 Å². The average molecular weight is 505 g/mol. The van der Waals surface area contributed by atoms with Gasteiger partial charge in [-0.3, -0.25) is 14.4 Å². The Morgan fingerprint density at radius 2 is 2.03 bits per heavy atom. The highest BCUT2D eigenvalue weighted by Crippen LogP contribution is 2.26. The van der Waals surface area contributed by atoms with E-state index in [0.717, 1.165) is 35.4 Å². The van der Waals surface area contributed by atoms with E-state index < -0.39 is 6.10 Å². The molecule has 0 spiro atoms. The number of fused-ring (bicyclic) bond motifs is 1. The Balaban J connectivity index is 0.000000270. The van der Waals surface area contributed by atoms with E-state index >= 15 is 0 Å². The lowest BCUT2D eigenvalue weighted by Gasteiger charge is -2.32. The molecule has 0 bridgehead atoms.